The Morgan fingerprint density at radius 1 is 0.852 bits per heavy atom. The Labute approximate surface area is 168 Å². The van der Waals surface area contributed by atoms with Crippen molar-refractivity contribution in [3.63, 3.8) is 0 Å². The van der Waals surface area contributed by atoms with Crippen molar-refractivity contribution in [3.8, 4) is 0 Å². The van der Waals surface area contributed by atoms with Gasteiger partial charge in [-0.15, -0.1) is 12.4 Å². The summed E-state index contributed by atoms with van der Waals surface area (Å²) in [5.74, 6) is 0. The average molecular weight is 379 g/mol. The molecule has 0 heterocycles. The maximum Gasteiger partial charge on any atom is 0.0675 e. The van der Waals surface area contributed by atoms with Crippen LogP contribution in [0.3, 0.4) is 0 Å². The van der Waals surface area contributed by atoms with Crippen LogP contribution in [0.1, 0.15) is 28.3 Å². The maximum absolute atomic E-state index is 3.88. The van der Waals surface area contributed by atoms with E-state index in [1.165, 1.54) is 27.9 Å². The summed E-state index contributed by atoms with van der Waals surface area (Å²) < 4.78 is 0. The van der Waals surface area contributed by atoms with Gasteiger partial charge in [0.2, 0.25) is 0 Å². The second kappa shape index (κ2) is 8.60. The second-order valence-corrected chi connectivity index (χ2v) is 7.38. The molecule has 0 saturated heterocycles. The molecule has 27 heavy (non-hydrogen) atoms. The lowest BCUT2D eigenvalue weighted by Crippen LogP contribution is -2.35. The lowest BCUT2D eigenvalue weighted by atomic mass is 10.0. The van der Waals surface area contributed by atoms with Crippen LogP contribution in [0.25, 0.3) is 0 Å². The summed E-state index contributed by atoms with van der Waals surface area (Å²) >= 11 is 0. The summed E-state index contributed by atoms with van der Waals surface area (Å²) in [5, 5.41) is 3.88. The Kier molecular flexibility index (Phi) is 6.20. The molecule has 1 aliphatic rings. The second-order valence-electron chi connectivity index (χ2n) is 7.38. The minimum atomic E-state index is 0. The van der Waals surface area contributed by atoms with Crippen LogP contribution in [0.2, 0.25) is 0 Å². The molecule has 0 spiro atoms. The molecule has 0 fully saturated rings. The van der Waals surface area contributed by atoms with E-state index in [1.54, 1.807) is 0 Å². The van der Waals surface area contributed by atoms with Gasteiger partial charge in [-0.25, -0.2) is 0 Å². The van der Waals surface area contributed by atoms with Crippen LogP contribution >= 0.6 is 12.4 Å². The fourth-order valence-corrected chi connectivity index (χ4v) is 4.03. The molecule has 0 amide bonds. The number of nitrogens with one attached hydrogen (secondary N) is 1. The van der Waals surface area contributed by atoms with E-state index in [9.17, 15) is 0 Å². The first-order valence-corrected chi connectivity index (χ1v) is 9.35. The number of nitrogens with zero attached hydrogens (tertiary/aromatic N) is 1. The Morgan fingerprint density at radius 3 is 2.30 bits per heavy atom. The van der Waals surface area contributed by atoms with Crippen molar-refractivity contribution in [3.05, 3.63) is 101 Å². The minimum absolute atomic E-state index is 0. The first kappa shape index (κ1) is 19.5. The number of para-hydroxylation sites is 1. The minimum Gasteiger partial charge on any atom is -0.376 e. The largest absolute Gasteiger partial charge is 0.376 e. The molecule has 2 atom stereocenters. The van der Waals surface area contributed by atoms with Crippen LogP contribution in [0.4, 0.5) is 5.69 Å². The first-order valence-electron chi connectivity index (χ1n) is 9.35. The van der Waals surface area contributed by atoms with E-state index in [-0.39, 0.29) is 12.4 Å². The number of likely N-dealkylation sites (N-methyl/N-ethyl adjacent to an activating group) is 1. The first-order chi connectivity index (χ1) is 12.7. The number of anilines is 1. The van der Waals surface area contributed by atoms with Gasteiger partial charge < -0.3 is 10.2 Å². The van der Waals surface area contributed by atoms with Crippen LogP contribution in [0, 0.1) is 0 Å². The van der Waals surface area contributed by atoms with Gasteiger partial charge >= 0.3 is 0 Å². The van der Waals surface area contributed by atoms with Crippen molar-refractivity contribution in [2.45, 2.75) is 24.9 Å². The summed E-state index contributed by atoms with van der Waals surface area (Å²) in [5.41, 5.74) is 6.83. The summed E-state index contributed by atoms with van der Waals surface area (Å²) in [7, 11) is 4.36. The van der Waals surface area contributed by atoms with Gasteiger partial charge in [-0.2, -0.15) is 0 Å². The van der Waals surface area contributed by atoms with Crippen LogP contribution in [0.5, 0.6) is 0 Å². The monoisotopic (exact) mass is 378 g/mol. The van der Waals surface area contributed by atoms with Gasteiger partial charge in [0.15, 0.2) is 0 Å². The van der Waals surface area contributed by atoms with Crippen molar-refractivity contribution in [1.29, 1.82) is 0 Å². The lowest BCUT2D eigenvalue weighted by Gasteiger charge is -2.29. The van der Waals surface area contributed by atoms with Gasteiger partial charge in [0, 0.05) is 11.7 Å². The van der Waals surface area contributed by atoms with E-state index < -0.39 is 0 Å². The average Bonchev–Trinajstić information content (AvgIpc) is 3.03. The van der Waals surface area contributed by atoms with Crippen LogP contribution < -0.4 is 5.32 Å². The molecule has 0 aliphatic heterocycles. The molecule has 3 aromatic carbocycles. The molecule has 2 nitrogen and oxygen atoms in total. The van der Waals surface area contributed by atoms with Crippen LogP contribution in [0.15, 0.2) is 78.9 Å². The molecule has 0 bridgehead atoms. The Balaban J connectivity index is 0.00000210. The molecule has 3 heteroatoms. The fourth-order valence-electron chi connectivity index (χ4n) is 4.03. The predicted octanol–water partition coefficient (Wildman–Crippen LogP) is 5.34. The van der Waals surface area contributed by atoms with Crippen molar-refractivity contribution in [2.24, 2.45) is 0 Å². The molecule has 2 unspecified atom stereocenters. The number of benzene rings is 3. The highest BCUT2D eigenvalue weighted by molar-refractivity contribution is 5.85. The zero-order valence-electron chi connectivity index (χ0n) is 15.9. The maximum atomic E-state index is 3.88. The molecule has 1 aliphatic carbocycles. The molecule has 0 saturated carbocycles. The lowest BCUT2D eigenvalue weighted by molar-refractivity contribution is 0.278. The molecule has 0 radical (unpaired) electrons. The quantitative estimate of drug-likeness (QED) is 0.644. The van der Waals surface area contributed by atoms with Crippen molar-refractivity contribution >= 4 is 18.1 Å². The number of hydrogen-bond donors (Lipinski definition) is 1. The van der Waals surface area contributed by atoms with Gasteiger partial charge in [0.05, 0.1) is 6.04 Å². The van der Waals surface area contributed by atoms with Gasteiger partial charge in [0.25, 0.3) is 0 Å². The number of hydrogen-bond acceptors (Lipinski definition) is 2. The van der Waals surface area contributed by atoms with Crippen molar-refractivity contribution in [1.82, 2.24) is 4.90 Å². The predicted molar refractivity (Wildman–Crippen MR) is 117 cm³/mol. The molecular weight excluding hydrogens is 352 g/mol. The standard InChI is InChI=1S/C24H26N2.ClH/c1-26(2)23-17-19-12-6-8-14-21(19)24(23)25-22-15-9-7-13-20(22)16-18-10-4-3-5-11-18;/h3-15,23-25H,16-17H2,1-2H3;1H. The van der Waals surface area contributed by atoms with E-state index in [1.807, 2.05) is 0 Å². The number of halogens is 1. The Bertz CT molecular complexity index is 876. The highest BCUT2D eigenvalue weighted by Gasteiger charge is 2.33. The van der Waals surface area contributed by atoms with Crippen LogP contribution in [-0.4, -0.2) is 25.0 Å². The summed E-state index contributed by atoms with van der Waals surface area (Å²) in [6.45, 7) is 0. The summed E-state index contributed by atoms with van der Waals surface area (Å²) in [6.07, 6.45) is 2.05. The third-order valence-corrected chi connectivity index (χ3v) is 5.43. The number of rotatable bonds is 5. The normalized spacial score (nSPS) is 18.0. The van der Waals surface area contributed by atoms with Crippen LogP contribution in [-0.2, 0) is 12.8 Å². The summed E-state index contributed by atoms with van der Waals surface area (Å²) in [4.78, 5) is 2.34. The van der Waals surface area contributed by atoms with Crippen molar-refractivity contribution in [2.75, 3.05) is 19.4 Å². The van der Waals surface area contributed by atoms with E-state index >= 15 is 0 Å². The highest BCUT2D eigenvalue weighted by atomic mass is 35.5. The molecule has 140 valence electrons. The molecular formula is C24H27ClN2. The zero-order valence-corrected chi connectivity index (χ0v) is 16.7. The highest BCUT2D eigenvalue weighted by Crippen LogP contribution is 2.37. The molecule has 3 aromatic rings. The molecule has 4 rings (SSSR count). The van der Waals surface area contributed by atoms with Gasteiger partial charge in [-0.3, -0.25) is 0 Å². The van der Waals surface area contributed by atoms with Gasteiger partial charge in [-0.1, -0.05) is 72.8 Å². The zero-order chi connectivity index (χ0) is 17.9. The van der Waals surface area contributed by atoms with Gasteiger partial charge in [-0.05, 0) is 55.3 Å². The molecule has 0 aromatic heterocycles. The fraction of sp³-hybridized carbons (Fsp3) is 0.250. The number of fused-ring (bicyclic) bond motifs is 1. The SMILES string of the molecule is CN(C)C1Cc2ccccc2C1Nc1ccccc1Cc1ccccc1.Cl. The van der Waals surface area contributed by atoms with E-state index in [0.29, 0.717) is 12.1 Å². The topological polar surface area (TPSA) is 15.3 Å². The van der Waals surface area contributed by atoms with E-state index in [2.05, 4.69) is 103 Å². The third kappa shape index (κ3) is 4.18. The summed E-state index contributed by atoms with van der Waals surface area (Å²) in [6, 6.07) is 29.0. The van der Waals surface area contributed by atoms with Crippen molar-refractivity contribution < 1.29 is 0 Å². The molecule has 1 N–H and O–H groups in total. The van der Waals surface area contributed by atoms with E-state index in [4.69, 9.17) is 0 Å². The van der Waals surface area contributed by atoms with E-state index in [0.717, 1.165) is 12.8 Å². The Hall–Kier alpha value is -2.29. The Morgan fingerprint density at radius 2 is 1.52 bits per heavy atom. The third-order valence-electron chi connectivity index (χ3n) is 5.43. The van der Waals surface area contributed by atoms with Gasteiger partial charge in [0.1, 0.15) is 0 Å². The smallest absolute Gasteiger partial charge is 0.0675 e.